The van der Waals surface area contributed by atoms with Gasteiger partial charge in [-0.1, -0.05) is 107 Å². The van der Waals surface area contributed by atoms with Gasteiger partial charge in [-0.25, -0.2) is 0 Å². The number of unbranched alkanes of at least 4 members (excludes halogenated alkanes) is 11. The number of thiazole rings is 1. The van der Waals surface area contributed by atoms with Crippen LogP contribution in [0.1, 0.15) is 112 Å². The number of hydrogen-bond donors (Lipinski definition) is 1. The van der Waals surface area contributed by atoms with Gasteiger partial charge in [-0.3, -0.25) is 9.59 Å². The number of nitrogens with one attached hydrogen (secondary N) is 1. The van der Waals surface area contributed by atoms with E-state index in [0.29, 0.717) is 17.9 Å². The summed E-state index contributed by atoms with van der Waals surface area (Å²) >= 11 is 1.65. The minimum atomic E-state index is -0.111. The third-order valence-corrected chi connectivity index (χ3v) is 7.82. The molecule has 1 heterocycles. The zero-order valence-electron chi connectivity index (χ0n) is 24.5. The molecule has 0 bridgehead atoms. The Morgan fingerprint density at radius 2 is 1.55 bits per heavy atom. The maximum atomic E-state index is 12.8. The second kappa shape index (κ2) is 18.4. The molecule has 216 valence electrons. The highest BCUT2D eigenvalue weighted by Crippen LogP contribution is 2.22. The van der Waals surface area contributed by atoms with Crippen LogP contribution in [-0.4, -0.2) is 18.3 Å². The van der Waals surface area contributed by atoms with Gasteiger partial charge in [0.05, 0.1) is 24.0 Å². The zero-order chi connectivity index (χ0) is 28.4. The Morgan fingerprint density at radius 3 is 2.20 bits per heavy atom. The van der Waals surface area contributed by atoms with Gasteiger partial charge >= 0.3 is 0 Å². The molecule has 0 fully saturated rings. The van der Waals surface area contributed by atoms with E-state index in [4.69, 9.17) is 4.74 Å². The molecule has 5 nitrogen and oxygen atoms in total. The summed E-state index contributed by atoms with van der Waals surface area (Å²) in [6.07, 6.45) is 17.8. The van der Waals surface area contributed by atoms with Crippen molar-refractivity contribution >= 4 is 28.7 Å². The predicted octanol–water partition coefficient (Wildman–Crippen LogP) is 8.55. The summed E-state index contributed by atoms with van der Waals surface area (Å²) in [4.78, 5) is 25.1. The van der Waals surface area contributed by atoms with Crippen molar-refractivity contribution in [3.8, 4) is 5.75 Å². The molecule has 1 N–H and O–H groups in total. The van der Waals surface area contributed by atoms with Gasteiger partial charge in [-0.05, 0) is 43.2 Å². The van der Waals surface area contributed by atoms with Crippen LogP contribution in [0, 0.1) is 0 Å². The lowest BCUT2D eigenvalue weighted by molar-refractivity contribution is -0.683. The lowest BCUT2D eigenvalue weighted by atomic mass is 10.0. The smallest absolute Gasteiger partial charge is 0.228 e. The number of rotatable bonds is 20. The van der Waals surface area contributed by atoms with Gasteiger partial charge in [0.1, 0.15) is 5.75 Å². The molecule has 0 aliphatic rings. The Balaban J connectivity index is 1.37. The normalized spacial score (nSPS) is 10.9. The molecule has 1 amide bonds. The van der Waals surface area contributed by atoms with Crippen LogP contribution in [0.5, 0.6) is 5.75 Å². The fraction of sp³-hybridized carbons (Fsp3) is 0.500. The number of aromatic nitrogens is 1. The van der Waals surface area contributed by atoms with Crippen LogP contribution in [0.3, 0.4) is 0 Å². The van der Waals surface area contributed by atoms with Crippen molar-refractivity contribution in [1.82, 2.24) is 0 Å². The standard InChI is InChI=1S/C34H46N2O3S/c1-3-4-5-6-7-8-9-10-11-12-13-14-21-39-33-19-18-29(24-32(33)28(2)37)25-34(38)35-31-17-15-16-30(23-31)26-36-20-22-40-27-36/h15-20,22-24,27H,3-14,21,25-26H2,1-2H3/p+1. The fourth-order valence-electron chi connectivity index (χ4n) is 4.91. The summed E-state index contributed by atoms with van der Waals surface area (Å²) in [5.41, 5.74) is 5.29. The molecule has 0 saturated heterocycles. The van der Waals surface area contributed by atoms with Gasteiger partial charge in [0.2, 0.25) is 11.4 Å². The highest BCUT2D eigenvalue weighted by molar-refractivity contribution is 7.07. The molecule has 2 aromatic carbocycles. The summed E-state index contributed by atoms with van der Waals surface area (Å²) in [7, 11) is 0. The first-order valence-electron chi connectivity index (χ1n) is 15.1. The number of nitrogens with zero attached hydrogens (tertiary/aromatic N) is 1. The maximum Gasteiger partial charge on any atom is 0.228 e. The van der Waals surface area contributed by atoms with E-state index in [1.54, 1.807) is 24.3 Å². The number of hydrogen-bond acceptors (Lipinski definition) is 4. The Bertz CT molecular complexity index is 1160. The van der Waals surface area contributed by atoms with Crippen molar-refractivity contribution in [3.05, 3.63) is 76.2 Å². The van der Waals surface area contributed by atoms with Gasteiger partial charge in [-0.15, -0.1) is 0 Å². The van der Waals surface area contributed by atoms with E-state index in [-0.39, 0.29) is 18.1 Å². The summed E-state index contributed by atoms with van der Waals surface area (Å²) in [5.74, 6) is 0.448. The van der Waals surface area contributed by atoms with Gasteiger partial charge < -0.3 is 10.1 Å². The first kappa shape index (κ1) is 31.5. The average molecular weight is 564 g/mol. The molecule has 6 heteroatoms. The highest BCUT2D eigenvalue weighted by atomic mass is 32.1. The summed E-state index contributed by atoms with van der Waals surface area (Å²) in [5, 5.41) is 5.03. The number of amides is 1. The first-order valence-corrected chi connectivity index (χ1v) is 16.1. The third-order valence-electron chi connectivity index (χ3n) is 7.15. The van der Waals surface area contributed by atoms with E-state index in [0.717, 1.165) is 36.2 Å². The summed E-state index contributed by atoms with van der Waals surface area (Å²) < 4.78 is 8.09. The van der Waals surface area contributed by atoms with Crippen molar-refractivity contribution in [2.24, 2.45) is 0 Å². The minimum Gasteiger partial charge on any atom is -0.493 e. The van der Waals surface area contributed by atoms with Gasteiger partial charge in [0, 0.05) is 11.3 Å². The molecule has 0 unspecified atom stereocenters. The lowest BCUT2D eigenvalue weighted by Crippen LogP contribution is -2.30. The number of anilines is 1. The monoisotopic (exact) mass is 563 g/mol. The second-order valence-corrected chi connectivity index (χ2v) is 11.5. The van der Waals surface area contributed by atoms with Crippen LogP contribution >= 0.6 is 11.3 Å². The quantitative estimate of drug-likeness (QED) is 0.0851. The zero-order valence-corrected chi connectivity index (χ0v) is 25.3. The van der Waals surface area contributed by atoms with Crippen LogP contribution < -0.4 is 14.6 Å². The van der Waals surface area contributed by atoms with Gasteiger partial charge in [0.15, 0.2) is 18.5 Å². The van der Waals surface area contributed by atoms with Gasteiger partial charge in [0.25, 0.3) is 0 Å². The minimum absolute atomic E-state index is 0.0504. The number of benzene rings is 2. The van der Waals surface area contributed by atoms with E-state index in [2.05, 4.69) is 28.4 Å². The Labute approximate surface area is 245 Å². The average Bonchev–Trinajstić information content (AvgIpc) is 3.45. The number of ketones is 1. The van der Waals surface area contributed by atoms with Gasteiger partial charge in [-0.2, -0.15) is 4.57 Å². The number of carbonyl (C=O) groups is 2. The van der Waals surface area contributed by atoms with Crippen molar-refractivity contribution < 1.29 is 18.9 Å². The predicted molar refractivity (Wildman–Crippen MR) is 165 cm³/mol. The van der Waals surface area contributed by atoms with Crippen LogP contribution in [0.25, 0.3) is 0 Å². The van der Waals surface area contributed by atoms with Crippen LogP contribution in [0.4, 0.5) is 5.69 Å². The molecule has 3 rings (SSSR count). The van der Waals surface area contributed by atoms with Crippen LogP contribution in [0.15, 0.2) is 59.6 Å². The van der Waals surface area contributed by atoms with Crippen molar-refractivity contribution in [3.63, 3.8) is 0 Å². The Kier molecular flexibility index (Phi) is 14.5. The lowest BCUT2D eigenvalue weighted by Gasteiger charge is -2.12. The Morgan fingerprint density at radius 1 is 0.850 bits per heavy atom. The molecule has 1 aromatic heterocycles. The van der Waals surface area contributed by atoms with E-state index in [1.165, 1.54) is 64.2 Å². The number of ether oxygens (including phenoxy) is 1. The van der Waals surface area contributed by atoms with E-state index in [1.807, 2.05) is 41.9 Å². The van der Waals surface area contributed by atoms with E-state index < -0.39 is 0 Å². The highest BCUT2D eigenvalue weighted by Gasteiger charge is 2.13. The van der Waals surface area contributed by atoms with E-state index in [9.17, 15) is 9.59 Å². The third kappa shape index (κ3) is 12.0. The fourth-order valence-corrected chi connectivity index (χ4v) is 5.51. The SMILES string of the molecule is CCCCCCCCCCCCCCOc1ccc(CC(=O)Nc2cccc(C[n+]3ccsc3)c2)cc1C(C)=O. The summed E-state index contributed by atoms with van der Waals surface area (Å²) in [6, 6.07) is 13.4. The van der Waals surface area contributed by atoms with E-state index >= 15 is 0 Å². The molecule has 0 radical (unpaired) electrons. The van der Waals surface area contributed by atoms with Crippen LogP contribution in [-0.2, 0) is 17.8 Å². The molecule has 0 atom stereocenters. The molecule has 0 aliphatic carbocycles. The van der Waals surface area contributed by atoms with Crippen molar-refractivity contribution in [2.45, 2.75) is 104 Å². The molecule has 40 heavy (non-hydrogen) atoms. The largest absolute Gasteiger partial charge is 0.493 e. The maximum absolute atomic E-state index is 12.8. The molecule has 0 spiro atoms. The molecule has 0 aliphatic heterocycles. The Hall–Kier alpha value is -2.99. The second-order valence-electron chi connectivity index (χ2n) is 10.7. The van der Waals surface area contributed by atoms with Crippen molar-refractivity contribution in [1.29, 1.82) is 0 Å². The number of Topliss-reactive ketones (excluding diaryl/α,β-unsaturated/α-hetero) is 1. The molecular formula is C34H47N2O3S+. The number of carbonyl (C=O) groups excluding carboxylic acids is 2. The first-order chi connectivity index (χ1) is 19.5. The topological polar surface area (TPSA) is 59.3 Å². The van der Waals surface area contributed by atoms with Crippen LogP contribution in [0.2, 0.25) is 0 Å². The molecule has 0 saturated carbocycles. The van der Waals surface area contributed by atoms with Crippen molar-refractivity contribution in [2.75, 3.05) is 11.9 Å². The molecule has 3 aromatic rings. The summed E-state index contributed by atoms with van der Waals surface area (Å²) in [6.45, 7) is 5.18. The molecular weight excluding hydrogens is 516 g/mol.